The molecule has 1 rings (SSSR count). The Labute approximate surface area is 121 Å². The minimum absolute atomic E-state index is 0.227. The molecule has 0 atom stereocenters. The number of aryl methyl sites for hydroxylation is 1. The Hall–Kier alpha value is -1.52. The van der Waals surface area contributed by atoms with Crippen molar-refractivity contribution in [3.8, 4) is 0 Å². The van der Waals surface area contributed by atoms with Gasteiger partial charge in [0.05, 0.1) is 7.11 Å². The van der Waals surface area contributed by atoms with E-state index in [0.29, 0.717) is 5.82 Å². The van der Waals surface area contributed by atoms with E-state index >= 15 is 0 Å². The second kappa shape index (κ2) is 7.92. The van der Waals surface area contributed by atoms with Crippen molar-refractivity contribution >= 4 is 11.8 Å². The van der Waals surface area contributed by atoms with Crippen molar-refractivity contribution in [1.29, 1.82) is 0 Å². The number of imidazole rings is 1. The summed E-state index contributed by atoms with van der Waals surface area (Å²) < 4.78 is 6.57. The van der Waals surface area contributed by atoms with E-state index < -0.39 is 5.97 Å². The number of aromatic nitrogens is 2. The van der Waals surface area contributed by atoms with Crippen LogP contribution in [0.25, 0.3) is 0 Å². The highest BCUT2D eigenvalue weighted by Crippen LogP contribution is 2.17. The molecule has 0 aliphatic rings. The van der Waals surface area contributed by atoms with Gasteiger partial charge in [0.15, 0.2) is 5.69 Å². The molecule has 0 amide bonds. The maximum absolute atomic E-state index is 11.5. The molecule has 5 heteroatoms. The standard InChI is InChI=1S/C15H27N3O2/c1-11(2)9-7-5-6-8-10-18-12(3)17-13(14(18)16)15(19)20-4/h11H,5-10,16H2,1-4H3. The second-order valence-electron chi connectivity index (χ2n) is 5.63. The lowest BCUT2D eigenvalue weighted by Gasteiger charge is -2.08. The SMILES string of the molecule is COC(=O)c1nc(C)n(CCCCCCC(C)C)c1N. The molecule has 1 aromatic heterocycles. The van der Waals surface area contributed by atoms with Crippen LogP contribution >= 0.6 is 0 Å². The summed E-state index contributed by atoms with van der Waals surface area (Å²) in [5.74, 6) is 1.49. The molecule has 20 heavy (non-hydrogen) atoms. The number of unbranched alkanes of at least 4 members (excludes halogenated alkanes) is 3. The van der Waals surface area contributed by atoms with Crippen LogP contribution in [0.1, 0.15) is 62.3 Å². The van der Waals surface area contributed by atoms with E-state index in [2.05, 4.69) is 23.6 Å². The zero-order valence-corrected chi connectivity index (χ0v) is 13.1. The Balaban J connectivity index is 2.44. The van der Waals surface area contributed by atoms with Crippen molar-refractivity contribution in [2.45, 2.75) is 59.4 Å². The molecule has 0 aliphatic carbocycles. The number of hydrogen-bond donors (Lipinski definition) is 1. The first-order valence-corrected chi connectivity index (χ1v) is 7.38. The van der Waals surface area contributed by atoms with E-state index in [0.717, 1.165) is 24.7 Å². The molecule has 1 aromatic rings. The molecule has 0 saturated carbocycles. The summed E-state index contributed by atoms with van der Waals surface area (Å²) in [5, 5.41) is 0. The minimum atomic E-state index is -0.471. The molecule has 0 bridgehead atoms. The number of carbonyl (C=O) groups is 1. The maximum atomic E-state index is 11.5. The molecule has 0 radical (unpaired) electrons. The van der Waals surface area contributed by atoms with Crippen molar-refractivity contribution in [3.05, 3.63) is 11.5 Å². The monoisotopic (exact) mass is 281 g/mol. The predicted octanol–water partition coefficient (Wildman–Crippen LogP) is 3.17. The van der Waals surface area contributed by atoms with Crippen LogP contribution in [0.3, 0.4) is 0 Å². The molecule has 0 saturated heterocycles. The Morgan fingerprint density at radius 1 is 1.30 bits per heavy atom. The van der Waals surface area contributed by atoms with E-state index in [1.165, 1.54) is 32.8 Å². The van der Waals surface area contributed by atoms with Gasteiger partial charge >= 0.3 is 5.97 Å². The summed E-state index contributed by atoms with van der Waals surface area (Å²) in [6.45, 7) is 7.18. The predicted molar refractivity (Wildman–Crippen MR) is 80.6 cm³/mol. The average Bonchev–Trinajstić information content (AvgIpc) is 2.68. The number of ether oxygens (including phenoxy) is 1. The molecule has 2 N–H and O–H groups in total. The molecule has 0 unspecified atom stereocenters. The van der Waals surface area contributed by atoms with Gasteiger partial charge < -0.3 is 15.0 Å². The normalized spacial score (nSPS) is 11.1. The van der Waals surface area contributed by atoms with Gasteiger partial charge in [0.25, 0.3) is 0 Å². The smallest absolute Gasteiger partial charge is 0.360 e. The fraction of sp³-hybridized carbons (Fsp3) is 0.733. The summed E-state index contributed by atoms with van der Waals surface area (Å²) >= 11 is 0. The van der Waals surface area contributed by atoms with Gasteiger partial charge in [-0.05, 0) is 19.3 Å². The summed E-state index contributed by atoms with van der Waals surface area (Å²) in [4.78, 5) is 15.7. The van der Waals surface area contributed by atoms with E-state index in [-0.39, 0.29) is 5.69 Å². The number of esters is 1. The van der Waals surface area contributed by atoms with Gasteiger partial charge in [0.1, 0.15) is 11.6 Å². The summed E-state index contributed by atoms with van der Waals surface area (Å²) in [5.41, 5.74) is 6.19. The Bertz CT molecular complexity index is 439. The van der Waals surface area contributed by atoms with Crippen LogP contribution < -0.4 is 5.73 Å². The zero-order valence-electron chi connectivity index (χ0n) is 13.1. The fourth-order valence-electron chi connectivity index (χ4n) is 2.29. The third kappa shape index (κ3) is 4.54. The molecular formula is C15H27N3O2. The molecule has 0 spiro atoms. The first-order valence-electron chi connectivity index (χ1n) is 7.38. The molecule has 5 nitrogen and oxygen atoms in total. The highest BCUT2D eigenvalue weighted by atomic mass is 16.5. The van der Waals surface area contributed by atoms with Gasteiger partial charge in [-0.2, -0.15) is 0 Å². The topological polar surface area (TPSA) is 70.1 Å². The van der Waals surface area contributed by atoms with Crippen LogP contribution in [-0.2, 0) is 11.3 Å². The summed E-state index contributed by atoms with van der Waals surface area (Å²) in [7, 11) is 1.34. The number of nitrogens with zero attached hydrogens (tertiary/aromatic N) is 2. The van der Waals surface area contributed by atoms with Crippen molar-refractivity contribution < 1.29 is 9.53 Å². The number of methoxy groups -OCH3 is 1. The molecular weight excluding hydrogens is 254 g/mol. The minimum Gasteiger partial charge on any atom is -0.464 e. The number of hydrogen-bond acceptors (Lipinski definition) is 4. The zero-order chi connectivity index (χ0) is 15.1. The van der Waals surface area contributed by atoms with Crippen LogP contribution in [0.15, 0.2) is 0 Å². The van der Waals surface area contributed by atoms with Crippen LogP contribution in [-0.4, -0.2) is 22.6 Å². The summed E-state index contributed by atoms with van der Waals surface area (Å²) in [6, 6.07) is 0. The fourth-order valence-corrected chi connectivity index (χ4v) is 2.29. The molecule has 0 fully saturated rings. The second-order valence-corrected chi connectivity index (χ2v) is 5.63. The highest BCUT2D eigenvalue weighted by Gasteiger charge is 2.18. The number of carbonyl (C=O) groups excluding carboxylic acids is 1. The number of nitrogens with two attached hydrogens (primary N) is 1. The van der Waals surface area contributed by atoms with Gasteiger partial charge in [-0.25, -0.2) is 9.78 Å². The average molecular weight is 281 g/mol. The van der Waals surface area contributed by atoms with Crippen molar-refractivity contribution in [1.82, 2.24) is 9.55 Å². The lowest BCUT2D eigenvalue weighted by Crippen LogP contribution is -2.09. The number of anilines is 1. The van der Waals surface area contributed by atoms with E-state index in [9.17, 15) is 4.79 Å². The molecule has 0 aliphatic heterocycles. The van der Waals surface area contributed by atoms with E-state index in [1.54, 1.807) is 0 Å². The van der Waals surface area contributed by atoms with Gasteiger partial charge in [0.2, 0.25) is 0 Å². The van der Waals surface area contributed by atoms with Gasteiger partial charge in [-0.3, -0.25) is 0 Å². The molecule has 114 valence electrons. The van der Waals surface area contributed by atoms with Crippen molar-refractivity contribution in [3.63, 3.8) is 0 Å². The van der Waals surface area contributed by atoms with Crippen LogP contribution in [0.5, 0.6) is 0 Å². The maximum Gasteiger partial charge on any atom is 0.360 e. The lowest BCUT2D eigenvalue weighted by atomic mass is 10.0. The van der Waals surface area contributed by atoms with Crippen molar-refractivity contribution in [2.75, 3.05) is 12.8 Å². The molecule has 0 aromatic carbocycles. The Morgan fingerprint density at radius 3 is 2.55 bits per heavy atom. The first-order chi connectivity index (χ1) is 9.47. The lowest BCUT2D eigenvalue weighted by molar-refractivity contribution is 0.0595. The van der Waals surface area contributed by atoms with Crippen LogP contribution in [0.4, 0.5) is 5.82 Å². The number of rotatable bonds is 8. The third-order valence-electron chi connectivity index (χ3n) is 3.49. The summed E-state index contributed by atoms with van der Waals surface area (Å²) in [6.07, 6.45) is 6.05. The Kier molecular flexibility index (Phi) is 6.55. The molecule has 1 heterocycles. The van der Waals surface area contributed by atoms with Crippen LogP contribution in [0.2, 0.25) is 0 Å². The quantitative estimate of drug-likeness (QED) is 0.587. The number of nitrogen functional groups attached to an aromatic ring is 1. The van der Waals surface area contributed by atoms with Gasteiger partial charge in [0, 0.05) is 6.54 Å². The van der Waals surface area contributed by atoms with Gasteiger partial charge in [-0.1, -0.05) is 39.5 Å². The largest absolute Gasteiger partial charge is 0.464 e. The van der Waals surface area contributed by atoms with Crippen molar-refractivity contribution in [2.24, 2.45) is 5.92 Å². The first kappa shape index (κ1) is 16.5. The third-order valence-corrected chi connectivity index (χ3v) is 3.49. The highest BCUT2D eigenvalue weighted by molar-refractivity contribution is 5.92. The van der Waals surface area contributed by atoms with E-state index in [1.807, 2.05) is 11.5 Å². The van der Waals surface area contributed by atoms with Gasteiger partial charge in [-0.15, -0.1) is 0 Å². The Morgan fingerprint density at radius 2 is 1.95 bits per heavy atom. The van der Waals surface area contributed by atoms with E-state index in [4.69, 9.17) is 5.73 Å². The van der Waals surface area contributed by atoms with Crippen LogP contribution in [0, 0.1) is 12.8 Å².